The molecule has 0 aliphatic carbocycles. The number of pyridine rings is 1. The van der Waals surface area contributed by atoms with Crippen LogP contribution in [0.25, 0.3) is 0 Å². The number of piperidine rings is 1. The molecule has 1 fully saturated rings. The van der Waals surface area contributed by atoms with Crippen LogP contribution in [-0.2, 0) is 0 Å². The molecule has 1 aromatic heterocycles. The lowest BCUT2D eigenvalue weighted by atomic mass is 9.99. The van der Waals surface area contributed by atoms with Crippen molar-refractivity contribution in [3.63, 3.8) is 0 Å². The molecule has 0 unspecified atom stereocenters. The van der Waals surface area contributed by atoms with Gasteiger partial charge in [-0.25, -0.2) is 0 Å². The van der Waals surface area contributed by atoms with Crippen molar-refractivity contribution in [2.75, 3.05) is 23.7 Å². The minimum absolute atomic E-state index is 0.0352. The first-order valence-corrected chi connectivity index (χ1v) is 4.99. The van der Waals surface area contributed by atoms with Crippen LogP contribution in [0.15, 0.2) is 18.4 Å². The highest BCUT2D eigenvalue weighted by atomic mass is 15.1. The van der Waals surface area contributed by atoms with Gasteiger partial charge in [0.1, 0.15) is 0 Å². The highest BCUT2D eigenvalue weighted by Crippen LogP contribution is 2.26. The highest BCUT2D eigenvalue weighted by Gasteiger charge is 2.17. The van der Waals surface area contributed by atoms with Crippen molar-refractivity contribution in [2.24, 2.45) is 5.92 Å². The average molecular weight is 194 g/mol. The Balaban J connectivity index is 2.37. The van der Waals surface area contributed by atoms with Crippen molar-refractivity contribution < 1.29 is 4.11 Å². The fourth-order valence-electron chi connectivity index (χ4n) is 1.77. The second-order valence-electron chi connectivity index (χ2n) is 3.89. The van der Waals surface area contributed by atoms with Gasteiger partial charge in [0, 0.05) is 19.3 Å². The van der Waals surface area contributed by atoms with E-state index in [1.807, 2.05) is 4.90 Å². The Labute approximate surface area is 89.1 Å². The topological polar surface area (TPSA) is 42.1 Å². The SMILES string of the molecule is [2H]c1nc([2H])c(N)c(N2CCC(C)CC2)c1[2H]. The minimum atomic E-state index is -0.169. The van der Waals surface area contributed by atoms with Crippen LogP contribution in [0.5, 0.6) is 0 Å². The first-order chi connectivity index (χ1) is 8.00. The number of hydrogen-bond donors (Lipinski definition) is 1. The van der Waals surface area contributed by atoms with Crippen molar-refractivity contribution in [2.45, 2.75) is 19.8 Å². The van der Waals surface area contributed by atoms with Gasteiger partial charge < -0.3 is 10.6 Å². The molecule has 0 aromatic carbocycles. The molecule has 0 amide bonds. The van der Waals surface area contributed by atoms with Gasteiger partial charge in [-0.15, -0.1) is 0 Å². The number of anilines is 2. The summed E-state index contributed by atoms with van der Waals surface area (Å²) in [6, 6.07) is 0.0352. The zero-order chi connectivity index (χ0) is 12.6. The van der Waals surface area contributed by atoms with Gasteiger partial charge in [-0.1, -0.05) is 6.92 Å². The molecule has 1 aromatic rings. The molecule has 2 rings (SSSR count). The second-order valence-corrected chi connectivity index (χ2v) is 3.89. The third kappa shape index (κ3) is 1.81. The number of aromatic nitrogens is 1. The van der Waals surface area contributed by atoms with Crippen LogP contribution in [0.3, 0.4) is 0 Å². The molecule has 0 bridgehead atoms. The van der Waals surface area contributed by atoms with Gasteiger partial charge in [0.25, 0.3) is 0 Å². The van der Waals surface area contributed by atoms with E-state index < -0.39 is 0 Å². The smallest absolute Gasteiger partial charge is 0.0863 e. The first-order valence-electron chi connectivity index (χ1n) is 6.49. The Morgan fingerprint density at radius 2 is 2.29 bits per heavy atom. The van der Waals surface area contributed by atoms with Crippen LogP contribution < -0.4 is 10.6 Å². The van der Waals surface area contributed by atoms with E-state index in [1.165, 1.54) is 0 Å². The van der Waals surface area contributed by atoms with Gasteiger partial charge in [0.2, 0.25) is 0 Å². The number of nitrogen functional groups attached to an aromatic ring is 1. The molecule has 3 heteroatoms. The number of hydrogen-bond acceptors (Lipinski definition) is 3. The Morgan fingerprint density at radius 1 is 1.57 bits per heavy atom. The van der Waals surface area contributed by atoms with Crippen LogP contribution in [0.4, 0.5) is 11.4 Å². The van der Waals surface area contributed by atoms with Crippen LogP contribution in [0.1, 0.15) is 23.9 Å². The predicted molar refractivity (Wildman–Crippen MR) is 59.3 cm³/mol. The van der Waals surface area contributed by atoms with Gasteiger partial charge in [-0.2, -0.15) is 0 Å². The van der Waals surface area contributed by atoms with Crippen LogP contribution in [0, 0.1) is 5.92 Å². The molecule has 1 aliphatic rings. The number of nitrogens with two attached hydrogens (primary N) is 1. The summed E-state index contributed by atoms with van der Waals surface area (Å²) < 4.78 is 23.0. The summed E-state index contributed by atoms with van der Waals surface area (Å²) in [5.74, 6) is 0.689. The maximum Gasteiger partial charge on any atom is 0.0863 e. The first kappa shape index (κ1) is 6.27. The summed E-state index contributed by atoms with van der Waals surface area (Å²) in [5, 5.41) is 0. The molecule has 3 nitrogen and oxygen atoms in total. The summed E-state index contributed by atoms with van der Waals surface area (Å²) in [5.41, 5.74) is 6.56. The molecule has 1 saturated heterocycles. The molecule has 14 heavy (non-hydrogen) atoms. The van der Waals surface area contributed by atoms with Gasteiger partial charge >= 0.3 is 0 Å². The average Bonchev–Trinajstić information content (AvgIpc) is 2.29. The fraction of sp³-hybridized carbons (Fsp3) is 0.545. The zero-order valence-electron chi connectivity index (χ0n) is 11.4. The van der Waals surface area contributed by atoms with E-state index in [0.717, 1.165) is 25.9 Å². The molecular formula is C11H17N3. The maximum atomic E-state index is 7.86. The molecule has 0 atom stereocenters. The molecule has 2 heterocycles. The van der Waals surface area contributed by atoms with E-state index in [4.69, 9.17) is 9.85 Å². The van der Waals surface area contributed by atoms with E-state index in [2.05, 4.69) is 11.9 Å². The van der Waals surface area contributed by atoms with Gasteiger partial charge in [-0.3, -0.25) is 4.98 Å². The second kappa shape index (κ2) is 3.86. The van der Waals surface area contributed by atoms with Crippen LogP contribution >= 0.6 is 0 Å². The lowest BCUT2D eigenvalue weighted by Crippen LogP contribution is -2.33. The summed E-state index contributed by atoms with van der Waals surface area (Å²) in [7, 11) is 0. The van der Waals surface area contributed by atoms with Gasteiger partial charge in [-0.05, 0) is 24.8 Å². The molecule has 76 valence electrons. The third-order valence-corrected chi connectivity index (χ3v) is 2.76. The Hall–Kier alpha value is -1.25. The Kier molecular flexibility index (Phi) is 1.73. The largest absolute Gasteiger partial charge is 0.396 e. The van der Waals surface area contributed by atoms with Gasteiger partial charge in [0.15, 0.2) is 0 Å². The molecule has 0 radical (unpaired) electrons. The van der Waals surface area contributed by atoms with Crippen molar-refractivity contribution in [3.05, 3.63) is 18.4 Å². The predicted octanol–water partition coefficient (Wildman–Crippen LogP) is 1.90. The van der Waals surface area contributed by atoms with Crippen molar-refractivity contribution in [3.8, 4) is 0 Å². The number of nitrogens with zero attached hydrogens (tertiary/aromatic N) is 2. The van der Waals surface area contributed by atoms with E-state index in [9.17, 15) is 0 Å². The molecular weight excluding hydrogens is 174 g/mol. The van der Waals surface area contributed by atoms with Crippen molar-refractivity contribution in [1.29, 1.82) is 0 Å². The quantitative estimate of drug-likeness (QED) is 0.742. The fourth-order valence-corrected chi connectivity index (χ4v) is 1.77. The summed E-state index contributed by atoms with van der Waals surface area (Å²) in [6.45, 7) is 3.88. The molecule has 1 aliphatic heterocycles. The highest BCUT2D eigenvalue weighted by molar-refractivity contribution is 5.66. The van der Waals surface area contributed by atoms with Gasteiger partial charge in [0.05, 0.1) is 21.7 Å². The molecule has 0 spiro atoms. The third-order valence-electron chi connectivity index (χ3n) is 2.76. The van der Waals surface area contributed by atoms with E-state index in [1.54, 1.807) is 0 Å². The summed E-state index contributed by atoms with van der Waals surface area (Å²) in [6.07, 6.45) is 1.85. The Morgan fingerprint density at radius 3 is 3.00 bits per heavy atom. The van der Waals surface area contributed by atoms with E-state index >= 15 is 0 Å². The van der Waals surface area contributed by atoms with Crippen molar-refractivity contribution in [1.82, 2.24) is 4.98 Å². The monoisotopic (exact) mass is 194 g/mol. The van der Waals surface area contributed by atoms with E-state index in [0.29, 0.717) is 11.6 Å². The summed E-state index contributed by atoms with van der Waals surface area (Å²) in [4.78, 5) is 5.65. The lowest BCUT2D eigenvalue weighted by molar-refractivity contribution is 0.438. The maximum absolute atomic E-state index is 7.86. The molecule has 0 saturated carbocycles. The zero-order valence-corrected chi connectivity index (χ0v) is 8.38. The normalized spacial score (nSPS) is 21.5. The van der Waals surface area contributed by atoms with Crippen LogP contribution in [-0.4, -0.2) is 18.1 Å². The standard InChI is InChI=1S/C11H17N3/c1-9-3-6-14(7-4-9)11-2-5-13-8-10(11)12/h2,5,8-9H,3-4,6-7,12H2,1H3/i2D,5D,8D. The van der Waals surface area contributed by atoms with Crippen LogP contribution in [0.2, 0.25) is 0 Å². The summed E-state index contributed by atoms with van der Waals surface area (Å²) >= 11 is 0. The minimum Gasteiger partial charge on any atom is -0.396 e. The Bertz CT molecular complexity index is 402. The van der Waals surface area contributed by atoms with E-state index in [-0.39, 0.29) is 24.1 Å². The van der Waals surface area contributed by atoms with Crippen molar-refractivity contribution >= 4 is 11.4 Å². The molecule has 2 N–H and O–H groups in total. The number of rotatable bonds is 1. The lowest BCUT2D eigenvalue weighted by Gasteiger charge is -2.32.